The lowest BCUT2D eigenvalue weighted by Gasteiger charge is -2.22. The topological polar surface area (TPSA) is 49.3 Å². The van der Waals surface area contributed by atoms with E-state index >= 15 is 0 Å². The molecule has 104 valence electrons. The Hall–Kier alpha value is -0.580. The summed E-state index contributed by atoms with van der Waals surface area (Å²) >= 11 is 9.19. The molecule has 0 bridgehead atoms. The maximum Gasteiger partial charge on any atom is 0.252 e. The lowest BCUT2D eigenvalue weighted by molar-refractivity contribution is 0.0818. The van der Waals surface area contributed by atoms with Crippen LogP contribution in [0.1, 0.15) is 42.5 Å². The Kier molecular flexibility index (Phi) is 5.25. The maximum atomic E-state index is 12.2. The standard InChI is InChI=1S/C14H17BrClNO2/c15-11-8-9(16)6-7-10(11)14(19)17-12-4-2-1-3-5-13(12)18/h6-8,12-13,18H,1-5H2,(H,17,19). The lowest BCUT2D eigenvalue weighted by atomic mass is 10.1. The van der Waals surface area contributed by atoms with E-state index in [1.54, 1.807) is 18.2 Å². The highest BCUT2D eigenvalue weighted by atomic mass is 79.9. The van der Waals surface area contributed by atoms with Crippen LogP contribution in [0.3, 0.4) is 0 Å². The summed E-state index contributed by atoms with van der Waals surface area (Å²) < 4.78 is 0.667. The average Bonchev–Trinajstić information content (AvgIpc) is 2.55. The van der Waals surface area contributed by atoms with Crippen LogP contribution < -0.4 is 5.32 Å². The molecule has 0 saturated heterocycles. The molecule has 0 aliphatic heterocycles. The van der Waals surface area contributed by atoms with Crippen LogP contribution in [-0.4, -0.2) is 23.2 Å². The molecule has 1 aliphatic carbocycles. The van der Waals surface area contributed by atoms with Gasteiger partial charge in [0.25, 0.3) is 5.91 Å². The number of carbonyl (C=O) groups excluding carboxylic acids is 1. The third kappa shape index (κ3) is 3.94. The van der Waals surface area contributed by atoms with Crippen LogP contribution in [0.25, 0.3) is 0 Å². The third-order valence-corrected chi connectivity index (χ3v) is 4.36. The molecule has 1 aromatic carbocycles. The minimum Gasteiger partial charge on any atom is -0.391 e. The number of halogens is 2. The first-order chi connectivity index (χ1) is 9.08. The Morgan fingerprint density at radius 1 is 1.32 bits per heavy atom. The smallest absolute Gasteiger partial charge is 0.252 e. The zero-order valence-electron chi connectivity index (χ0n) is 10.5. The molecular weight excluding hydrogens is 330 g/mol. The van der Waals surface area contributed by atoms with Crippen molar-refractivity contribution in [2.24, 2.45) is 0 Å². The van der Waals surface area contributed by atoms with Gasteiger partial charge in [0.2, 0.25) is 0 Å². The Labute approximate surface area is 126 Å². The molecule has 19 heavy (non-hydrogen) atoms. The van der Waals surface area contributed by atoms with Gasteiger partial charge in [-0.15, -0.1) is 0 Å². The number of nitrogens with one attached hydrogen (secondary N) is 1. The van der Waals surface area contributed by atoms with Crippen molar-refractivity contribution in [2.45, 2.75) is 44.2 Å². The van der Waals surface area contributed by atoms with Crippen molar-refractivity contribution in [3.8, 4) is 0 Å². The highest BCUT2D eigenvalue weighted by Crippen LogP contribution is 2.23. The van der Waals surface area contributed by atoms with E-state index in [9.17, 15) is 9.90 Å². The molecule has 0 radical (unpaired) electrons. The largest absolute Gasteiger partial charge is 0.391 e. The number of aliphatic hydroxyl groups is 1. The number of aliphatic hydroxyl groups excluding tert-OH is 1. The van der Waals surface area contributed by atoms with Gasteiger partial charge in [-0.05, 0) is 47.0 Å². The summed E-state index contributed by atoms with van der Waals surface area (Å²) in [5.41, 5.74) is 0.542. The highest BCUT2D eigenvalue weighted by Gasteiger charge is 2.24. The number of hydrogen-bond acceptors (Lipinski definition) is 2. The quantitative estimate of drug-likeness (QED) is 0.805. The van der Waals surface area contributed by atoms with E-state index in [4.69, 9.17) is 11.6 Å². The Balaban J connectivity index is 2.07. The van der Waals surface area contributed by atoms with E-state index in [1.807, 2.05) is 0 Å². The second-order valence-electron chi connectivity index (χ2n) is 4.91. The van der Waals surface area contributed by atoms with Crippen LogP contribution in [0.2, 0.25) is 5.02 Å². The SMILES string of the molecule is O=C(NC1CCCCCC1O)c1ccc(Cl)cc1Br. The van der Waals surface area contributed by atoms with E-state index in [1.165, 1.54) is 0 Å². The number of benzene rings is 1. The van der Waals surface area contributed by atoms with Gasteiger partial charge in [0.1, 0.15) is 0 Å². The van der Waals surface area contributed by atoms with Crippen LogP contribution in [-0.2, 0) is 0 Å². The second kappa shape index (κ2) is 6.73. The normalized spacial score (nSPS) is 23.7. The van der Waals surface area contributed by atoms with Crippen LogP contribution in [0.5, 0.6) is 0 Å². The lowest BCUT2D eigenvalue weighted by Crippen LogP contribution is -2.42. The van der Waals surface area contributed by atoms with Gasteiger partial charge in [-0.1, -0.05) is 30.9 Å². The van der Waals surface area contributed by atoms with Gasteiger partial charge in [0.15, 0.2) is 0 Å². The average molecular weight is 347 g/mol. The van der Waals surface area contributed by atoms with Crippen molar-refractivity contribution in [2.75, 3.05) is 0 Å². The van der Waals surface area contributed by atoms with E-state index in [-0.39, 0.29) is 11.9 Å². The van der Waals surface area contributed by atoms with Gasteiger partial charge in [-0.3, -0.25) is 4.79 Å². The number of amides is 1. The van der Waals surface area contributed by atoms with Crippen molar-refractivity contribution in [3.63, 3.8) is 0 Å². The Morgan fingerprint density at radius 3 is 2.79 bits per heavy atom. The summed E-state index contributed by atoms with van der Waals surface area (Å²) in [6.07, 6.45) is 4.33. The molecule has 0 heterocycles. The van der Waals surface area contributed by atoms with Crippen molar-refractivity contribution >= 4 is 33.4 Å². The van der Waals surface area contributed by atoms with Gasteiger partial charge in [0.05, 0.1) is 17.7 Å². The van der Waals surface area contributed by atoms with Crippen LogP contribution in [0.4, 0.5) is 0 Å². The van der Waals surface area contributed by atoms with E-state index in [2.05, 4.69) is 21.2 Å². The molecule has 2 atom stereocenters. The van der Waals surface area contributed by atoms with Crippen LogP contribution >= 0.6 is 27.5 Å². The molecule has 0 aromatic heterocycles. The van der Waals surface area contributed by atoms with E-state index in [0.29, 0.717) is 15.1 Å². The fourth-order valence-electron chi connectivity index (χ4n) is 2.38. The zero-order valence-corrected chi connectivity index (χ0v) is 12.9. The molecule has 5 heteroatoms. The molecule has 3 nitrogen and oxygen atoms in total. The molecule has 1 amide bonds. The number of hydrogen-bond donors (Lipinski definition) is 2. The maximum absolute atomic E-state index is 12.2. The molecule has 1 aromatic rings. The van der Waals surface area contributed by atoms with Gasteiger partial charge in [0, 0.05) is 9.50 Å². The number of rotatable bonds is 2. The molecule has 2 N–H and O–H groups in total. The highest BCUT2D eigenvalue weighted by molar-refractivity contribution is 9.10. The third-order valence-electron chi connectivity index (χ3n) is 3.47. The summed E-state index contributed by atoms with van der Waals surface area (Å²) in [4.78, 5) is 12.2. The zero-order chi connectivity index (χ0) is 13.8. The van der Waals surface area contributed by atoms with Gasteiger partial charge in [-0.25, -0.2) is 0 Å². The molecule has 2 unspecified atom stereocenters. The second-order valence-corrected chi connectivity index (χ2v) is 6.20. The summed E-state index contributed by atoms with van der Waals surface area (Å²) in [7, 11) is 0. The Bertz CT molecular complexity index is 467. The minimum atomic E-state index is -0.447. The first-order valence-corrected chi connectivity index (χ1v) is 7.69. The fourth-order valence-corrected chi connectivity index (χ4v) is 3.24. The molecule has 1 aliphatic rings. The van der Waals surface area contributed by atoms with Crippen molar-refractivity contribution in [3.05, 3.63) is 33.3 Å². The van der Waals surface area contributed by atoms with Crippen LogP contribution in [0.15, 0.2) is 22.7 Å². The predicted molar refractivity (Wildman–Crippen MR) is 79.5 cm³/mol. The molecular formula is C14H17BrClNO2. The predicted octanol–water partition coefficient (Wildman–Crippen LogP) is 3.53. The molecule has 2 rings (SSSR count). The van der Waals surface area contributed by atoms with Gasteiger partial charge in [-0.2, -0.15) is 0 Å². The summed E-state index contributed by atoms with van der Waals surface area (Å²) in [5, 5.41) is 13.5. The Morgan fingerprint density at radius 2 is 2.05 bits per heavy atom. The van der Waals surface area contributed by atoms with E-state index < -0.39 is 6.10 Å². The molecule has 1 saturated carbocycles. The first kappa shape index (κ1) is 14.8. The van der Waals surface area contributed by atoms with Gasteiger partial charge >= 0.3 is 0 Å². The minimum absolute atomic E-state index is 0.155. The summed E-state index contributed by atoms with van der Waals surface area (Å²) in [5.74, 6) is -0.172. The molecule has 1 fully saturated rings. The summed E-state index contributed by atoms with van der Waals surface area (Å²) in [6.45, 7) is 0. The fraction of sp³-hybridized carbons (Fsp3) is 0.500. The first-order valence-electron chi connectivity index (χ1n) is 6.52. The monoisotopic (exact) mass is 345 g/mol. The number of carbonyl (C=O) groups is 1. The summed E-state index contributed by atoms with van der Waals surface area (Å²) in [6, 6.07) is 4.91. The van der Waals surface area contributed by atoms with Crippen molar-refractivity contribution in [1.29, 1.82) is 0 Å². The van der Waals surface area contributed by atoms with Crippen molar-refractivity contribution in [1.82, 2.24) is 5.32 Å². The van der Waals surface area contributed by atoms with Crippen LogP contribution in [0, 0.1) is 0 Å². The van der Waals surface area contributed by atoms with Gasteiger partial charge < -0.3 is 10.4 Å². The van der Waals surface area contributed by atoms with Crippen molar-refractivity contribution < 1.29 is 9.90 Å². The van der Waals surface area contributed by atoms with E-state index in [0.717, 1.165) is 32.1 Å². The molecule has 0 spiro atoms.